The number of thioether (sulfide) groups is 1. The minimum Gasteiger partial charge on any atom is -0.495 e. The number of rotatable bonds is 5. The number of hydrogen-bond donors (Lipinski definition) is 0. The van der Waals surface area contributed by atoms with Crippen LogP contribution in [0.1, 0.15) is 23.3 Å². The molecule has 0 bridgehead atoms. The average Bonchev–Trinajstić information content (AvgIpc) is 3.23. The van der Waals surface area contributed by atoms with Crippen LogP contribution in [0.2, 0.25) is 0 Å². The molecular weight excluding hydrogens is 420 g/mol. The van der Waals surface area contributed by atoms with Crippen molar-refractivity contribution in [2.45, 2.75) is 24.3 Å². The van der Waals surface area contributed by atoms with Crippen LogP contribution in [0.25, 0.3) is 22.4 Å². The number of ether oxygens (including phenoxy) is 1. The topological polar surface area (TPSA) is 61.4 Å². The van der Waals surface area contributed by atoms with E-state index in [4.69, 9.17) is 4.74 Å². The van der Waals surface area contributed by atoms with Crippen LogP contribution >= 0.6 is 11.8 Å². The van der Waals surface area contributed by atoms with Crippen LogP contribution in [0.15, 0.2) is 82.7 Å². The lowest BCUT2D eigenvalue weighted by Crippen LogP contribution is -2.22. The Labute approximate surface area is 189 Å². The first-order chi connectivity index (χ1) is 15.6. The van der Waals surface area contributed by atoms with E-state index in [1.807, 2.05) is 72.0 Å². The highest BCUT2D eigenvalue weighted by Gasteiger charge is 2.21. The first kappa shape index (κ1) is 20.3. The summed E-state index contributed by atoms with van der Waals surface area (Å²) >= 11 is 1.61. The van der Waals surface area contributed by atoms with Crippen LogP contribution in [-0.2, 0) is 0 Å². The van der Waals surface area contributed by atoms with Crippen LogP contribution in [-0.4, -0.2) is 26.3 Å². The van der Waals surface area contributed by atoms with Crippen LogP contribution in [0.5, 0.6) is 5.75 Å². The van der Waals surface area contributed by atoms with E-state index in [-0.39, 0.29) is 10.8 Å². The molecule has 0 N–H and O–H groups in total. The predicted molar refractivity (Wildman–Crippen MR) is 128 cm³/mol. The first-order valence-corrected chi connectivity index (χ1v) is 11.2. The molecule has 3 aromatic carbocycles. The number of hydrogen-bond acceptors (Lipinski definition) is 5. The standard InChI is InChI=1S/C25H22N4O2S/c1-16-13-14-22(31-3)21(15-16)28-23(30)19-11-7-8-12-20(19)29-24(28)26-27-25(29)32-17(2)18-9-5-4-6-10-18/h4-15,17H,1-3H3. The molecule has 32 heavy (non-hydrogen) atoms. The fourth-order valence-corrected chi connectivity index (χ4v) is 4.88. The Bertz CT molecular complexity index is 1490. The van der Waals surface area contributed by atoms with Gasteiger partial charge in [-0.1, -0.05) is 60.3 Å². The third kappa shape index (κ3) is 3.35. The SMILES string of the molecule is COc1ccc(C)cc1-n1c(=O)c2ccccc2n2c(SC(C)c3ccccc3)nnc12. The van der Waals surface area contributed by atoms with Crippen LogP contribution in [0.3, 0.4) is 0 Å². The second-order valence-corrected chi connectivity index (χ2v) is 8.93. The summed E-state index contributed by atoms with van der Waals surface area (Å²) in [5.74, 6) is 1.06. The Kier molecular flexibility index (Phi) is 5.19. The molecule has 0 saturated heterocycles. The maximum Gasteiger partial charge on any atom is 0.267 e. The highest BCUT2D eigenvalue weighted by atomic mass is 32.2. The van der Waals surface area contributed by atoms with Gasteiger partial charge in [0.15, 0.2) is 5.16 Å². The summed E-state index contributed by atoms with van der Waals surface area (Å²) in [5.41, 5.74) is 3.49. The third-order valence-electron chi connectivity index (χ3n) is 5.52. The number of nitrogens with zero attached hydrogens (tertiary/aromatic N) is 4. The lowest BCUT2D eigenvalue weighted by Gasteiger charge is -2.15. The van der Waals surface area contributed by atoms with Gasteiger partial charge in [0.1, 0.15) is 5.75 Å². The molecule has 0 fully saturated rings. The zero-order chi connectivity index (χ0) is 22.2. The van der Waals surface area contributed by atoms with Crippen molar-refractivity contribution in [1.29, 1.82) is 0 Å². The van der Waals surface area contributed by atoms with E-state index in [2.05, 4.69) is 29.3 Å². The number of fused-ring (bicyclic) bond motifs is 3. The lowest BCUT2D eigenvalue weighted by molar-refractivity contribution is 0.412. The molecule has 1 atom stereocenters. The molecule has 1 unspecified atom stereocenters. The van der Waals surface area contributed by atoms with E-state index >= 15 is 0 Å². The molecule has 7 heteroatoms. The molecule has 0 spiro atoms. The van der Waals surface area contributed by atoms with Gasteiger partial charge in [-0.05, 0) is 49.2 Å². The maximum atomic E-state index is 13.6. The quantitative estimate of drug-likeness (QED) is 0.350. The van der Waals surface area contributed by atoms with Crippen molar-refractivity contribution >= 4 is 28.4 Å². The van der Waals surface area contributed by atoms with Gasteiger partial charge >= 0.3 is 0 Å². The molecule has 0 saturated carbocycles. The van der Waals surface area contributed by atoms with Crippen molar-refractivity contribution in [2.75, 3.05) is 7.11 Å². The molecule has 5 aromatic rings. The van der Waals surface area contributed by atoms with Crippen molar-refractivity contribution in [3.8, 4) is 11.4 Å². The predicted octanol–water partition coefficient (Wildman–Crippen LogP) is 5.20. The second kappa shape index (κ2) is 8.16. The Morgan fingerprint density at radius 3 is 2.50 bits per heavy atom. The van der Waals surface area contributed by atoms with Gasteiger partial charge in [0.25, 0.3) is 5.56 Å². The normalized spacial score (nSPS) is 12.3. The fraction of sp³-hybridized carbons (Fsp3) is 0.160. The van der Waals surface area contributed by atoms with Gasteiger partial charge in [-0.15, -0.1) is 10.2 Å². The zero-order valence-corrected chi connectivity index (χ0v) is 18.8. The van der Waals surface area contributed by atoms with E-state index in [0.717, 1.165) is 16.2 Å². The molecule has 2 aromatic heterocycles. The molecule has 0 aliphatic rings. The summed E-state index contributed by atoms with van der Waals surface area (Å²) in [7, 11) is 1.60. The van der Waals surface area contributed by atoms with Crippen molar-refractivity contribution in [3.05, 3.63) is 94.3 Å². The molecule has 5 rings (SSSR count). The minimum absolute atomic E-state index is 0.156. The summed E-state index contributed by atoms with van der Waals surface area (Å²) in [5, 5.41) is 10.4. The summed E-state index contributed by atoms with van der Waals surface area (Å²) < 4.78 is 9.13. The second-order valence-electron chi connectivity index (χ2n) is 7.62. The number of para-hydroxylation sites is 1. The molecule has 0 aliphatic carbocycles. The summed E-state index contributed by atoms with van der Waals surface area (Å²) in [6, 6.07) is 23.6. The smallest absolute Gasteiger partial charge is 0.267 e. The van der Waals surface area contributed by atoms with Gasteiger partial charge < -0.3 is 4.74 Å². The maximum absolute atomic E-state index is 13.6. The van der Waals surface area contributed by atoms with E-state index < -0.39 is 0 Å². The van der Waals surface area contributed by atoms with Gasteiger partial charge in [0, 0.05) is 5.25 Å². The monoisotopic (exact) mass is 442 g/mol. The van der Waals surface area contributed by atoms with E-state index in [1.165, 1.54) is 5.56 Å². The average molecular weight is 443 g/mol. The molecular formula is C25H22N4O2S. The number of benzene rings is 3. The van der Waals surface area contributed by atoms with Crippen molar-refractivity contribution in [3.63, 3.8) is 0 Å². The zero-order valence-electron chi connectivity index (χ0n) is 18.0. The molecule has 0 aliphatic heterocycles. The molecule has 0 amide bonds. The van der Waals surface area contributed by atoms with Crippen molar-refractivity contribution in [2.24, 2.45) is 0 Å². The minimum atomic E-state index is -0.156. The molecule has 160 valence electrons. The van der Waals surface area contributed by atoms with E-state index in [0.29, 0.717) is 22.6 Å². The summed E-state index contributed by atoms with van der Waals surface area (Å²) in [6.45, 7) is 4.13. The van der Waals surface area contributed by atoms with Gasteiger partial charge in [0.05, 0.1) is 23.7 Å². The molecule has 2 heterocycles. The Morgan fingerprint density at radius 2 is 1.72 bits per heavy atom. The Hall–Kier alpha value is -3.58. The summed E-state index contributed by atoms with van der Waals surface area (Å²) in [4.78, 5) is 13.6. The van der Waals surface area contributed by atoms with Gasteiger partial charge in [-0.25, -0.2) is 4.57 Å². The van der Waals surface area contributed by atoms with Crippen LogP contribution in [0.4, 0.5) is 0 Å². The highest BCUT2D eigenvalue weighted by Crippen LogP contribution is 2.35. The first-order valence-electron chi connectivity index (χ1n) is 10.3. The van der Waals surface area contributed by atoms with Gasteiger partial charge in [-0.3, -0.25) is 9.20 Å². The highest BCUT2D eigenvalue weighted by molar-refractivity contribution is 7.99. The largest absolute Gasteiger partial charge is 0.495 e. The number of aromatic nitrogens is 4. The van der Waals surface area contributed by atoms with E-state index in [9.17, 15) is 4.79 Å². The van der Waals surface area contributed by atoms with Crippen LogP contribution < -0.4 is 10.3 Å². The number of methoxy groups -OCH3 is 1. The third-order valence-corrected chi connectivity index (χ3v) is 6.62. The van der Waals surface area contributed by atoms with Crippen molar-refractivity contribution in [1.82, 2.24) is 19.2 Å². The molecule has 0 radical (unpaired) electrons. The lowest BCUT2D eigenvalue weighted by atomic mass is 10.2. The molecule has 6 nitrogen and oxygen atoms in total. The Balaban J connectivity index is 1.79. The fourth-order valence-electron chi connectivity index (χ4n) is 3.90. The van der Waals surface area contributed by atoms with Gasteiger partial charge in [0.2, 0.25) is 5.78 Å². The Morgan fingerprint density at radius 1 is 0.969 bits per heavy atom. The van der Waals surface area contributed by atoms with Crippen molar-refractivity contribution < 1.29 is 4.74 Å². The van der Waals surface area contributed by atoms with E-state index in [1.54, 1.807) is 23.4 Å². The summed E-state index contributed by atoms with van der Waals surface area (Å²) in [6.07, 6.45) is 0. The number of aryl methyl sites for hydroxylation is 1. The van der Waals surface area contributed by atoms with Crippen LogP contribution in [0, 0.1) is 6.92 Å². The van der Waals surface area contributed by atoms with Gasteiger partial charge in [-0.2, -0.15) is 0 Å².